The van der Waals surface area contributed by atoms with Crippen LogP contribution in [0.4, 0.5) is 13.2 Å². The van der Waals surface area contributed by atoms with E-state index in [1.165, 1.54) is 6.07 Å². The van der Waals surface area contributed by atoms with Crippen LogP contribution in [0.2, 0.25) is 0 Å². The molecule has 0 aromatic heterocycles. The van der Waals surface area contributed by atoms with Crippen molar-refractivity contribution in [2.75, 3.05) is 0 Å². The van der Waals surface area contributed by atoms with Crippen LogP contribution < -0.4 is 0 Å². The molecule has 15 heavy (non-hydrogen) atoms. The van der Waals surface area contributed by atoms with Crippen molar-refractivity contribution in [3.63, 3.8) is 0 Å². The Balaban J connectivity index is 2.34. The van der Waals surface area contributed by atoms with Gasteiger partial charge in [-0.15, -0.1) is 0 Å². The largest absolute Gasteiger partial charge is 0.417 e. The Morgan fingerprint density at radius 2 is 1.80 bits per heavy atom. The molecule has 0 unspecified atom stereocenters. The van der Waals surface area contributed by atoms with Gasteiger partial charge in [0.05, 0.1) is 5.56 Å². The molecule has 2 rings (SSSR count). The van der Waals surface area contributed by atoms with Gasteiger partial charge in [-0.2, -0.15) is 13.2 Å². The second-order valence-electron chi connectivity index (χ2n) is 3.33. The van der Waals surface area contributed by atoms with Gasteiger partial charge in [-0.05, 0) is 17.7 Å². The normalized spacial score (nSPS) is 16.2. The fraction of sp³-hybridized carbons (Fsp3) is 0.167. The predicted molar refractivity (Wildman–Crippen MR) is 51.3 cm³/mol. The summed E-state index contributed by atoms with van der Waals surface area (Å²) in [7, 11) is 0. The fourth-order valence-corrected chi connectivity index (χ4v) is 1.51. The molecular formula is C12H8F3. The number of benzene rings is 1. The van der Waals surface area contributed by atoms with E-state index in [0.717, 1.165) is 6.07 Å². The standard InChI is InChI=1S/C12H8F3/c13-12(14,15)11-7-3-6-10(8-11)9-4-1-2-5-9/h1-6,8-9H. The summed E-state index contributed by atoms with van der Waals surface area (Å²) in [6.45, 7) is 0. The first-order valence-electron chi connectivity index (χ1n) is 4.51. The Bertz CT molecular complexity index is 401. The molecule has 0 aliphatic heterocycles. The minimum Gasteiger partial charge on any atom is -0.166 e. The molecule has 0 saturated carbocycles. The quantitative estimate of drug-likeness (QED) is 0.661. The first-order chi connectivity index (χ1) is 7.07. The summed E-state index contributed by atoms with van der Waals surface area (Å²) in [5, 5.41) is 0. The number of rotatable bonds is 1. The lowest BCUT2D eigenvalue weighted by Gasteiger charge is -2.10. The van der Waals surface area contributed by atoms with Crippen molar-refractivity contribution >= 4 is 0 Å². The van der Waals surface area contributed by atoms with Gasteiger partial charge in [0, 0.05) is 5.92 Å². The predicted octanol–water partition coefficient (Wildman–Crippen LogP) is 3.72. The van der Waals surface area contributed by atoms with E-state index in [1.807, 2.05) is 24.3 Å². The molecule has 0 spiro atoms. The minimum atomic E-state index is -4.32. The monoisotopic (exact) mass is 209 g/mol. The zero-order valence-corrected chi connectivity index (χ0v) is 7.75. The fourth-order valence-electron chi connectivity index (χ4n) is 1.51. The van der Waals surface area contributed by atoms with E-state index in [2.05, 4.69) is 6.07 Å². The smallest absolute Gasteiger partial charge is 0.166 e. The number of allylic oxidation sites excluding steroid dienone is 4. The van der Waals surface area contributed by atoms with Crippen molar-refractivity contribution in [2.45, 2.75) is 12.1 Å². The van der Waals surface area contributed by atoms with Crippen LogP contribution in [0.15, 0.2) is 42.5 Å². The van der Waals surface area contributed by atoms with E-state index in [9.17, 15) is 13.2 Å². The molecule has 1 aliphatic rings. The van der Waals surface area contributed by atoms with Gasteiger partial charge in [0.15, 0.2) is 0 Å². The molecule has 3 heteroatoms. The second kappa shape index (κ2) is 3.57. The first kappa shape index (κ1) is 10.0. The number of hydrogen-bond donors (Lipinski definition) is 0. The lowest BCUT2D eigenvalue weighted by Crippen LogP contribution is -2.06. The van der Waals surface area contributed by atoms with Gasteiger partial charge in [0.2, 0.25) is 0 Å². The number of alkyl halides is 3. The van der Waals surface area contributed by atoms with Crippen molar-refractivity contribution in [3.8, 4) is 0 Å². The van der Waals surface area contributed by atoms with Crippen molar-refractivity contribution in [2.24, 2.45) is 0 Å². The summed E-state index contributed by atoms with van der Waals surface area (Å²) < 4.78 is 37.2. The molecule has 1 aliphatic carbocycles. The summed E-state index contributed by atoms with van der Waals surface area (Å²) in [5.41, 5.74) is -0.0697. The Labute approximate surface area is 85.7 Å². The van der Waals surface area contributed by atoms with Crippen molar-refractivity contribution in [3.05, 3.63) is 59.7 Å². The van der Waals surface area contributed by atoms with Crippen molar-refractivity contribution in [1.29, 1.82) is 0 Å². The van der Waals surface area contributed by atoms with E-state index >= 15 is 0 Å². The third-order valence-electron chi connectivity index (χ3n) is 2.26. The Kier molecular flexibility index (Phi) is 2.39. The minimum absolute atomic E-state index is 0.0410. The Hall–Kier alpha value is -1.51. The average Bonchev–Trinajstić information content (AvgIpc) is 2.69. The maximum atomic E-state index is 12.4. The zero-order valence-electron chi connectivity index (χ0n) is 7.75. The molecule has 0 heterocycles. The Morgan fingerprint density at radius 3 is 2.40 bits per heavy atom. The van der Waals surface area contributed by atoms with Crippen LogP contribution in [-0.2, 0) is 6.18 Å². The summed E-state index contributed by atoms with van der Waals surface area (Å²) in [5.74, 6) is -0.0410. The van der Waals surface area contributed by atoms with Crippen LogP contribution in [0.5, 0.6) is 0 Å². The summed E-state index contributed by atoms with van der Waals surface area (Å²) in [4.78, 5) is 0. The highest BCUT2D eigenvalue weighted by atomic mass is 19.4. The van der Waals surface area contributed by atoms with Crippen LogP contribution in [0.3, 0.4) is 0 Å². The van der Waals surface area contributed by atoms with Gasteiger partial charge in [0.1, 0.15) is 0 Å². The van der Waals surface area contributed by atoms with Gasteiger partial charge in [0.25, 0.3) is 0 Å². The van der Waals surface area contributed by atoms with Crippen LogP contribution >= 0.6 is 0 Å². The van der Waals surface area contributed by atoms with E-state index in [0.29, 0.717) is 5.56 Å². The number of halogens is 3. The molecule has 0 N–H and O–H groups in total. The maximum absolute atomic E-state index is 12.4. The highest BCUT2D eigenvalue weighted by Crippen LogP contribution is 2.32. The number of hydrogen-bond acceptors (Lipinski definition) is 0. The highest BCUT2D eigenvalue weighted by molar-refractivity contribution is 5.37. The van der Waals surface area contributed by atoms with Gasteiger partial charge < -0.3 is 0 Å². The molecule has 0 nitrogen and oxygen atoms in total. The molecule has 0 saturated heterocycles. The third kappa shape index (κ3) is 2.12. The van der Waals surface area contributed by atoms with Gasteiger partial charge in [-0.25, -0.2) is 0 Å². The molecule has 1 aromatic rings. The van der Waals surface area contributed by atoms with E-state index < -0.39 is 11.7 Å². The lowest BCUT2D eigenvalue weighted by molar-refractivity contribution is -0.137. The molecule has 0 atom stereocenters. The molecule has 0 fully saturated rings. The SMILES string of the molecule is FC(F)(F)c1[c]ccc(C2C=CC=C2)c1. The summed E-state index contributed by atoms with van der Waals surface area (Å²) in [6, 6.07) is 6.31. The molecule has 0 amide bonds. The van der Waals surface area contributed by atoms with Crippen LogP contribution in [0, 0.1) is 6.07 Å². The molecule has 1 radical (unpaired) electrons. The van der Waals surface area contributed by atoms with E-state index in [1.54, 1.807) is 6.07 Å². The molecule has 1 aromatic carbocycles. The van der Waals surface area contributed by atoms with Crippen molar-refractivity contribution < 1.29 is 13.2 Å². The van der Waals surface area contributed by atoms with Crippen LogP contribution in [0.25, 0.3) is 0 Å². The second-order valence-corrected chi connectivity index (χ2v) is 3.33. The average molecular weight is 209 g/mol. The van der Waals surface area contributed by atoms with E-state index in [-0.39, 0.29) is 5.92 Å². The molecule has 77 valence electrons. The summed E-state index contributed by atoms with van der Waals surface area (Å²) >= 11 is 0. The van der Waals surface area contributed by atoms with Crippen molar-refractivity contribution in [1.82, 2.24) is 0 Å². The Morgan fingerprint density at radius 1 is 1.13 bits per heavy atom. The molecular weight excluding hydrogens is 201 g/mol. The van der Waals surface area contributed by atoms with Gasteiger partial charge in [-0.3, -0.25) is 0 Å². The topological polar surface area (TPSA) is 0 Å². The first-order valence-corrected chi connectivity index (χ1v) is 4.51. The van der Waals surface area contributed by atoms with Gasteiger partial charge in [-0.1, -0.05) is 36.4 Å². The molecule has 0 bridgehead atoms. The van der Waals surface area contributed by atoms with Gasteiger partial charge >= 0.3 is 6.18 Å². The summed E-state index contributed by atoms with van der Waals surface area (Å²) in [6.07, 6.45) is 3.05. The van der Waals surface area contributed by atoms with Crippen LogP contribution in [-0.4, -0.2) is 0 Å². The van der Waals surface area contributed by atoms with E-state index in [4.69, 9.17) is 0 Å². The van der Waals surface area contributed by atoms with Crippen LogP contribution in [0.1, 0.15) is 17.0 Å². The zero-order chi connectivity index (χ0) is 10.9. The third-order valence-corrected chi connectivity index (χ3v) is 2.26. The lowest BCUT2D eigenvalue weighted by atomic mass is 9.99. The maximum Gasteiger partial charge on any atom is 0.417 e. The highest BCUT2D eigenvalue weighted by Gasteiger charge is 2.31.